The van der Waals surface area contributed by atoms with Gasteiger partial charge in [0.25, 0.3) is 0 Å². The number of fused-ring (bicyclic) bond motifs is 1. The molecule has 2 aliphatic heterocycles. The van der Waals surface area contributed by atoms with E-state index in [0.29, 0.717) is 13.1 Å². The first-order valence-corrected chi connectivity index (χ1v) is 8.86. The number of para-hydroxylation sites is 1. The van der Waals surface area contributed by atoms with E-state index in [1.807, 2.05) is 23.1 Å². The molecule has 0 aromatic heterocycles. The Bertz CT molecular complexity index is 589. The minimum absolute atomic E-state index is 0.00260. The minimum Gasteiger partial charge on any atom is -0.488 e. The molecule has 0 bridgehead atoms. The van der Waals surface area contributed by atoms with Gasteiger partial charge in [0.05, 0.1) is 6.54 Å². The first-order valence-electron chi connectivity index (χ1n) is 8.86. The number of carbonyl (C=O) groups excluding carboxylic acids is 2. The summed E-state index contributed by atoms with van der Waals surface area (Å²) in [5.41, 5.74) is 1.19. The molecule has 0 spiro atoms. The summed E-state index contributed by atoms with van der Waals surface area (Å²) >= 11 is 0. The first-order chi connectivity index (χ1) is 12.1. The first kappa shape index (κ1) is 17.5. The second kappa shape index (κ2) is 8.20. The summed E-state index contributed by atoms with van der Waals surface area (Å²) in [6.07, 6.45) is 0.833. The van der Waals surface area contributed by atoms with Gasteiger partial charge in [0, 0.05) is 52.6 Å². The standard InChI is InChI=1S/C18H26N4O3/c1-14(23)22-10-8-21(9-11-22)7-6-19-18(24)20-13-16-12-15-4-2-3-5-17(15)25-16/h2-5,16H,6-13H2,1H3,(H2,19,20,24)/t16-/m1/s1. The van der Waals surface area contributed by atoms with Crippen LogP contribution in [0.1, 0.15) is 12.5 Å². The smallest absolute Gasteiger partial charge is 0.314 e. The Labute approximate surface area is 148 Å². The number of nitrogens with zero attached hydrogens (tertiary/aromatic N) is 2. The number of amides is 3. The predicted molar refractivity (Wildman–Crippen MR) is 94.7 cm³/mol. The van der Waals surface area contributed by atoms with Crippen LogP contribution in [0.2, 0.25) is 0 Å². The lowest BCUT2D eigenvalue weighted by molar-refractivity contribution is -0.130. The van der Waals surface area contributed by atoms with Gasteiger partial charge in [-0.25, -0.2) is 4.79 Å². The maximum absolute atomic E-state index is 11.9. The minimum atomic E-state index is -0.165. The molecule has 25 heavy (non-hydrogen) atoms. The summed E-state index contributed by atoms with van der Waals surface area (Å²) in [5.74, 6) is 1.05. The zero-order valence-electron chi connectivity index (χ0n) is 14.7. The highest BCUT2D eigenvalue weighted by Gasteiger charge is 2.22. The van der Waals surface area contributed by atoms with E-state index >= 15 is 0 Å². The molecule has 2 aliphatic rings. The highest BCUT2D eigenvalue weighted by molar-refractivity contribution is 5.74. The fourth-order valence-electron chi connectivity index (χ4n) is 3.25. The Hall–Kier alpha value is -2.28. The van der Waals surface area contributed by atoms with Gasteiger partial charge in [-0.1, -0.05) is 18.2 Å². The summed E-state index contributed by atoms with van der Waals surface area (Å²) in [6.45, 7) is 6.74. The van der Waals surface area contributed by atoms with Crippen LogP contribution in [0.4, 0.5) is 4.79 Å². The Morgan fingerprint density at radius 3 is 2.64 bits per heavy atom. The van der Waals surface area contributed by atoms with Gasteiger partial charge < -0.3 is 20.3 Å². The van der Waals surface area contributed by atoms with Crippen molar-refractivity contribution in [3.05, 3.63) is 29.8 Å². The van der Waals surface area contributed by atoms with Crippen molar-refractivity contribution in [2.75, 3.05) is 45.8 Å². The summed E-state index contributed by atoms with van der Waals surface area (Å²) in [7, 11) is 0. The van der Waals surface area contributed by atoms with Crippen LogP contribution in [0, 0.1) is 0 Å². The van der Waals surface area contributed by atoms with E-state index in [4.69, 9.17) is 4.74 Å². The molecule has 1 saturated heterocycles. The van der Waals surface area contributed by atoms with Crippen LogP contribution >= 0.6 is 0 Å². The third-order valence-corrected chi connectivity index (χ3v) is 4.74. The lowest BCUT2D eigenvalue weighted by Crippen LogP contribution is -2.50. The third-order valence-electron chi connectivity index (χ3n) is 4.74. The van der Waals surface area contributed by atoms with E-state index in [-0.39, 0.29) is 18.0 Å². The lowest BCUT2D eigenvalue weighted by Gasteiger charge is -2.34. The van der Waals surface area contributed by atoms with Crippen LogP contribution in [0.3, 0.4) is 0 Å². The molecule has 1 fully saturated rings. The highest BCUT2D eigenvalue weighted by atomic mass is 16.5. The second-order valence-corrected chi connectivity index (χ2v) is 6.54. The van der Waals surface area contributed by atoms with Crippen LogP contribution < -0.4 is 15.4 Å². The van der Waals surface area contributed by atoms with E-state index in [0.717, 1.165) is 44.9 Å². The Kier molecular flexibility index (Phi) is 5.75. The zero-order valence-corrected chi connectivity index (χ0v) is 14.7. The van der Waals surface area contributed by atoms with Crippen LogP contribution in [-0.2, 0) is 11.2 Å². The lowest BCUT2D eigenvalue weighted by atomic mass is 10.1. The highest BCUT2D eigenvalue weighted by Crippen LogP contribution is 2.27. The van der Waals surface area contributed by atoms with Crippen LogP contribution in [0.5, 0.6) is 5.75 Å². The number of piperazine rings is 1. The molecular weight excluding hydrogens is 320 g/mol. The molecular formula is C18H26N4O3. The van der Waals surface area contributed by atoms with Crippen molar-refractivity contribution in [1.29, 1.82) is 0 Å². The average Bonchev–Trinajstić information content (AvgIpc) is 3.03. The number of nitrogens with one attached hydrogen (secondary N) is 2. The van der Waals surface area contributed by atoms with Crippen LogP contribution in [-0.4, -0.2) is 73.7 Å². The van der Waals surface area contributed by atoms with Gasteiger partial charge >= 0.3 is 6.03 Å². The van der Waals surface area contributed by atoms with Crippen molar-refractivity contribution in [2.45, 2.75) is 19.4 Å². The van der Waals surface area contributed by atoms with E-state index in [1.54, 1.807) is 6.92 Å². The monoisotopic (exact) mass is 346 g/mol. The van der Waals surface area contributed by atoms with Crippen LogP contribution in [0.15, 0.2) is 24.3 Å². The van der Waals surface area contributed by atoms with E-state index in [2.05, 4.69) is 21.6 Å². The number of carbonyl (C=O) groups is 2. The fourth-order valence-corrected chi connectivity index (χ4v) is 3.25. The Morgan fingerprint density at radius 1 is 1.16 bits per heavy atom. The van der Waals surface area contributed by atoms with Crippen molar-refractivity contribution in [1.82, 2.24) is 20.4 Å². The molecule has 1 aromatic carbocycles. The third kappa shape index (κ3) is 4.85. The summed E-state index contributed by atoms with van der Waals surface area (Å²) < 4.78 is 5.80. The average molecular weight is 346 g/mol. The zero-order chi connectivity index (χ0) is 17.6. The molecule has 0 aliphatic carbocycles. The van der Waals surface area contributed by atoms with Gasteiger partial charge in [-0.2, -0.15) is 0 Å². The number of hydrogen-bond acceptors (Lipinski definition) is 4. The van der Waals surface area contributed by atoms with Gasteiger partial charge in [0.1, 0.15) is 11.9 Å². The second-order valence-electron chi connectivity index (χ2n) is 6.54. The molecule has 0 radical (unpaired) electrons. The van der Waals surface area contributed by atoms with Crippen molar-refractivity contribution < 1.29 is 14.3 Å². The summed E-state index contributed by atoms with van der Waals surface area (Å²) in [5, 5.41) is 5.75. The maximum Gasteiger partial charge on any atom is 0.314 e. The molecule has 2 N–H and O–H groups in total. The quantitative estimate of drug-likeness (QED) is 0.812. The number of ether oxygens (including phenoxy) is 1. The van der Waals surface area contributed by atoms with Crippen LogP contribution in [0.25, 0.3) is 0 Å². The molecule has 3 rings (SSSR count). The summed E-state index contributed by atoms with van der Waals surface area (Å²) in [6, 6.07) is 7.81. The Morgan fingerprint density at radius 2 is 1.92 bits per heavy atom. The fraction of sp³-hybridized carbons (Fsp3) is 0.556. The van der Waals surface area contributed by atoms with Gasteiger partial charge in [-0.3, -0.25) is 9.69 Å². The number of rotatable bonds is 5. The number of benzene rings is 1. The molecule has 2 heterocycles. The Balaban J connectivity index is 1.28. The van der Waals surface area contributed by atoms with Crippen molar-refractivity contribution in [2.24, 2.45) is 0 Å². The molecule has 7 heteroatoms. The molecule has 1 aromatic rings. The topological polar surface area (TPSA) is 73.9 Å². The summed E-state index contributed by atoms with van der Waals surface area (Å²) in [4.78, 5) is 27.3. The van der Waals surface area contributed by atoms with Gasteiger partial charge in [-0.05, 0) is 11.6 Å². The van der Waals surface area contributed by atoms with Crippen molar-refractivity contribution in [3.63, 3.8) is 0 Å². The van der Waals surface area contributed by atoms with E-state index in [1.165, 1.54) is 5.56 Å². The van der Waals surface area contributed by atoms with Gasteiger partial charge in [0.15, 0.2) is 0 Å². The van der Waals surface area contributed by atoms with Gasteiger partial charge in [-0.15, -0.1) is 0 Å². The molecule has 0 unspecified atom stereocenters. The van der Waals surface area contributed by atoms with Crippen molar-refractivity contribution in [3.8, 4) is 5.75 Å². The molecule has 136 valence electrons. The number of hydrogen-bond donors (Lipinski definition) is 2. The SMILES string of the molecule is CC(=O)N1CCN(CCNC(=O)NC[C@H]2Cc3ccccc3O2)CC1. The molecule has 1 atom stereocenters. The molecule has 0 saturated carbocycles. The van der Waals surface area contributed by atoms with Gasteiger partial charge in [0.2, 0.25) is 5.91 Å². The predicted octanol–water partition coefficient (Wildman–Crippen LogP) is 0.453. The molecule has 7 nitrogen and oxygen atoms in total. The normalized spacial score (nSPS) is 19.9. The number of urea groups is 1. The molecule has 3 amide bonds. The van der Waals surface area contributed by atoms with E-state index in [9.17, 15) is 9.59 Å². The van der Waals surface area contributed by atoms with E-state index < -0.39 is 0 Å². The largest absolute Gasteiger partial charge is 0.488 e. The van der Waals surface area contributed by atoms with Crippen molar-refractivity contribution >= 4 is 11.9 Å². The maximum atomic E-state index is 11.9.